The number of rotatable bonds is 7. The van der Waals surface area contributed by atoms with E-state index in [1.54, 1.807) is 17.9 Å². The van der Waals surface area contributed by atoms with E-state index in [9.17, 15) is 9.59 Å². The lowest BCUT2D eigenvalue weighted by Crippen LogP contribution is -2.46. The van der Waals surface area contributed by atoms with E-state index in [1.165, 1.54) is 11.3 Å². The Morgan fingerprint density at radius 2 is 1.84 bits per heavy atom. The molecule has 1 aromatic heterocycles. The molecule has 6 nitrogen and oxygen atoms in total. The van der Waals surface area contributed by atoms with E-state index in [4.69, 9.17) is 28.8 Å². The van der Waals surface area contributed by atoms with Gasteiger partial charge in [0.15, 0.2) is 0 Å². The lowest BCUT2D eigenvalue weighted by atomic mass is 10.1. The van der Waals surface area contributed by atoms with E-state index >= 15 is 0 Å². The molecule has 2 atom stereocenters. The number of halogens is 1. The van der Waals surface area contributed by atoms with Gasteiger partial charge in [0.2, 0.25) is 11.8 Å². The zero-order chi connectivity index (χ0) is 14.6. The molecular weight excluding hydrogens is 288 g/mol. The molecular formula is C11H17ClN4O2S. The van der Waals surface area contributed by atoms with Gasteiger partial charge in [0.05, 0.1) is 23.5 Å². The fourth-order valence-electron chi connectivity index (χ4n) is 1.91. The van der Waals surface area contributed by atoms with E-state index in [1.807, 2.05) is 6.07 Å². The van der Waals surface area contributed by atoms with Crippen LogP contribution in [0.3, 0.4) is 0 Å². The Kier molecular flexibility index (Phi) is 5.74. The number of amides is 2. The zero-order valence-corrected chi connectivity index (χ0v) is 12.1. The lowest BCUT2D eigenvalue weighted by molar-refractivity contribution is -0.123. The molecule has 0 bridgehead atoms. The summed E-state index contributed by atoms with van der Waals surface area (Å²) in [5.41, 5.74) is 16.3. The molecule has 2 amide bonds. The van der Waals surface area contributed by atoms with Gasteiger partial charge in [-0.1, -0.05) is 11.6 Å². The Bertz CT molecular complexity index is 447. The van der Waals surface area contributed by atoms with Gasteiger partial charge < -0.3 is 17.2 Å². The molecule has 6 N–H and O–H groups in total. The minimum atomic E-state index is -0.547. The molecule has 2 unspecified atom stereocenters. The number of hydrogen-bond donors (Lipinski definition) is 3. The first kappa shape index (κ1) is 15.9. The first-order valence-electron chi connectivity index (χ1n) is 5.62. The summed E-state index contributed by atoms with van der Waals surface area (Å²) >= 11 is 7.25. The summed E-state index contributed by atoms with van der Waals surface area (Å²) < 4.78 is 0.610. The lowest BCUT2D eigenvalue weighted by Gasteiger charge is -2.31. The Labute approximate surface area is 120 Å². The molecule has 0 saturated heterocycles. The molecule has 0 aliphatic heterocycles. The summed E-state index contributed by atoms with van der Waals surface area (Å²) in [5.74, 6) is -1.09. The second-order valence-corrected chi connectivity index (χ2v) is 6.03. The molecule has 0 radical (unpaired) electrons. The van der Waals surface area contributed by atoms with Gasteiger partial charge in [-0.15, -0.1) is 11.3 Å². The van der Waals surface area contributed by atoms with Crippen molar-refractivity contribution < 1.29 is 9.59 Å². The van der Waals surface area contributed by atoms with Crippen molar-refractivity contribution in [2.75, 3.05) is 13.1 Å². The van der Waals surface area contributed by atoms with Crippen LogP contribution < -0.4 is 17.2 Å². The van der Waals surface area contributed by atoms with Gasteiger partial charge in [0.25, 0.3) is 0 Å². The van der Waals surface area contributed by atoms with Crippen molar-refractivity contribution in [1.29, 1.82) is 0 Å². The van der Waals surface area contributed by atoms with Crippen molar-refractivity contribution in [3.8, 4) is 0 Å². The van der Waals surface area contributed by atoms with E-state index < -0.39 is 11.8 Å². The van der Waals surface area contributed by atoms with E-state index in [-0.39, 0.29) is 25.2 Å². The zero-order valence-electron chi connectivity index (χ0n) is 10.5. The van der Waals surface area contributed by atoms with Crippen LogP contribution in [0.25, 0.3) is 0 Å². The van der Waals surface area contributed by atoms with Crippen molar-refractivity contribution in [2.24, 2.45) is 17.2 Å². The van der Waals surface area contributed by atoms with Gasteiger partial charge in [-0.3, -0.25) is 14.5 Å². The molecule has 0 saturated carbocycles. The minimum Gasteiger partial charge on any atom is -0.369 e. The molecule has 0 spiro atoms. The maximum Gasteiger partial charge on any atom is 0.231 e. The van der Waals surface area contributed by atoms with E-state index in [2.05, 4.69) is 0 Å². The Hall–Kier alpha value is -1.15. The van der Waals surface area contributed by atoms with Gasteiger partial charge in [0.1, 0.15) is 0 Å². The molecule has 8 heteroatoms. The van der Waals surface area contributed by atoms with E-state index in [0.717, 1.165) is 4.88 Å². The summed E-state index contributed by atoms with van der Waals surface area (Å²) in [5, 5.41) is 0. The molecule has 106 valence electrons. The predicted molar refractivity (Wildman–Crippen MR) is 75.7 cm³/mol. The number of nitrogens with zero attached hydrogens (tertiary/aromatic N) is 1. The third kappa shape index (κ3) is 4.79. The van der Waals surface area contributed by atoms with Crippen LogP contribution >= 0.6 is 22.9 Å². The quantitative estimate of drug-likeness (QED) is 0.660. The average molecular weight is 305 g/mol. The van der Waals surface area contributed by atoms with Crippen LogP contribution in [0, 0.1) is 0 Å². The van der Waals surface area contributed by atoms with Crippen LogP contribution in [0.15, 0.2) is 12.1 Å². The van der Waals surface area contributed by atoms with Crippen molar-refractivity contribution in [2.45, 2.75) is 19.0 Å². The molecule has 1 aromatic rings. The van der Waals surface area contributed by atoms with Crippen molar-refractivity contribution in [3.05, 3.63) is 21.3 Å². The molecule has 1 heterocycles. The van der Waals surface area contributed by atoms with Crippen molar-refractivity contribution in [3.63, 3.8) is 0 Å². The number of hydrogen-bond acceptors (Lipinski definition) is 5. The van der Waals surface area contributed by atoms with Crippen molar-refractivity contribution in [1.82, 2.24) is 4.90 Å². The number of carbonyl (C=O) groups excluding carboxylic acids is 2. The molecule has 0 fully saturated rings. The van der Waals surface area contributed by atoms with Crippen LogP contribution in [0.2, 0.25) is 4.34 Å². The SMILES string of the molecule is CC(N)C(c1ccc(Cl)s1)N(CC(N)=O)CC(N)=O. The largest absolute Gasteiger partial charge is 0.369 e. The smallest absolute Gasteiger partial charge is 0.231 e. The first-order chi connectivity index (χ1) is 8.81. The highest BCUT2D eigenvalue weighted by Crippen LogP contribution is 2.32. The topological polar surface area (TPSA) is 115 Å². The summed E-state index contributed by atoms with van der Waals surface area (Å²) in [6.45, 7) is 1.60. The van der Waals surface area contributed by atoms with Gasteiger partial charge in [-0.25, -0.2) is 0 Å². The van der Waals surface area contributed by atoms with Gasteiger partial charge >= 0.3 is 0 Å². The third-order valence-corrected chi connectivity index (χ3v) is 3.80. The van der Waals surface area contributed by atoms with Crippen LogP contribution in [0.4, 0.5) is 0 Å². The summed E-state index contributed by atoms with van der Waals surface area (Å²) in [7, 11) is 0. The first-order valence-corrected chi connectivity index (χ1v) is 6.82. The van der Waals surface area contributed by atoms with Crippen molar-refractivity contribution >= 4 is 34.8 Å². The fraction of sp³-hybridized carbons (Fsp3) is 0.455. The standard InChI is InChI=1S/C11H17ClN4O2S/c1-6(13)11(7-2-3-8(12)19-7)16(4-9(14)17)5-10(15)18/h2-3,6,11H,4-5,13H2,1H3,(H2,14,17)(H2,15,18). The van der Waals surface area contributed by atoms with Crippen LogP contribution in [-0.4, -0.2) is 35.8 Å². The Morgan fingerprint density at radius 1 is 1.32 bits per heavy atom. The number of nitrogens with two attached hydrogens (primary N) is 3. The maximum absolute atomic E-state index is 11.1. The summed E-state index contributed by atoms with van der Waals surface area (Å²) in [6, 6.07) is 2.91. The predicted octanol–water partition coefficient (Wildman–Crippen LogP) is 0.0624. The van der Waals surface area contributed by atoms with Crippen LogP contribution in [0.1, 0.15) is 17.8 Å². The van der Waals surface area contributed by atoms with Gasteiger partial charge in [-0.2, -0.15) is 0 Å². The highest BCUT2D eigenvalue weighted by atomic mass is 35.5. The molecule has 19 heavy (non-hydrogen) atoms. The second kappa shape index (κ2) is 6.85. The highest BCUT2D eigenvalue weighted by molar-refractivity contribution is 7.16. The van der Waals surface area contributed by atoms with Crippen LogP contribution in [0.5, 0.6) is 0 Å². The molecule has 0 aliphatic rings. The normalized spacial score (nSPS) is 14.3. The molecule has 0 aromatic carbocycles. The number of thiophene rings is 1. The Balaban J connectivity index is 3.04. The van der Waals surface area contributed by atoms with Gasteiger partial charge in [-0.05, 0) is 19.1 Å². The van der Waals surface area contributed by atoms with Gasteiger partial charge in [0, 0.05) is 10.9 Å². The summed E-state index contributed by atoms with van der Waals surface area (Å²) in [4.78, 5) is 24.7. The average Bonchev–Trinajstić information content (AvgIpc) is 2.62. The molecule has 1 rings (SSSR count). The number of carbonyl (C=O) groups is 2. The number of primary amides is 2. The monoisotopic (exact) mass is 304 g/mol. The summed E-state index contributed by atoms with van der Waals surface area (Å²) in [6.07, 6.45) is 0. The second-order valence-electron chi connectivity index (χ2n) is 4.28. The maximum atomic E-state index is 11.1. The van der Waals surface area contributed by atoms with Crippen LogP contribution in [-0.2, 0) is 9.59 Å². The van der Waals surface area contributed by atoms with E-state index in [0.29, 0.717) is 4.34 Å². The minimum absolute atomic E-state index is 0.0926. The Morgan fingerprint density at radius 3 is 2.16 bits per heavy atom. The highest BCUT2D eigenvalue weighted by Gasteiger charge is 2.27. The fourth-order valence-corrected chi connectivity index (χ4v) is 3.22. The third-order valence-electron chi connectivity index (χ3n) is 2.49. The molecule has 0 aliphatic carbocycles.